The first-order valence-electron chi connectivity index (χ1n) is 6.95. The Morgan fingerprint density at radius 2 is 1.59 bits per heavy atom. The van der Waals surface area contributed by atoms with Crippen molar-refractivity contribution in [1.82, 2.24) is 5.32 Å². The zero-order chi connectivity index (χ0) is 15.6. The first-order valence-corrected chi connectivity index (χ1v) is 6.95. The number of nitrogens with one attached hydrogen (secondary N) is 1. The van der Waals surface area contributed by atoms with Crippen LogP contribution in [-0.4, -0.2) is 63.6 Å². The van der Waals surface area contributed by atoms with Gasteiger partial charge in [-0.05, 0) is 17.7 Å². The van der Waals surface area contributed by atoms with Crippen molar-refractivity contribution < 1.29 is 34.7 Å². The molecule has 0 saturated heterocycles. The molecular weight excluding hydrogens is 294 g/mol. The molecule has 1 amide bonds. The van der Waals surface area contributed by atoms with Gasteiger partial charge >= 0.3 is 0 Å². The van der Waals surface area contributed by atoms with Crippen LogP contribution in [0.3, 0.4) is 0 Å². The third kappa shape index (κ3) is 1.69. The molecule has 0 radical (unpaired) electrons. The van der Waals surface area contributed by atoms with Crippen molar-refractivity contribution in [2.75, 3.05) is 6.79 Å². The fourth-order valence-corrected chi connectivity index (χ4v) is 3.47. The van der Waals surface area contributed by atoms with Crippen LogP contribution in [0.4, 0.5) is 0 Å². The number of carbonyl (C=O) groups excluding carboxylic acids is 1. The molecule has 8 heteroatoms. The molecule has 1 aromatic rings. The molecule has 0 spiro atoms. The van der Waals surface area contributed by atoms with Crippen molar-refractivity contribution in [1.29, 1.82) is 0 Å². The van der Waals surface area contributed by atoms with Gasteiger partial charge in [0.1, 0.15) is 18.3 Å². The molecule has 1 aliphatic carbocycles. The standard InChI is InChI=1S/C14H15NO7/c16-10-8-4-1-6-7(22-3-21-6)2-5(4)14(20)15-9(8)11(17)13(19)12(10)18/h1-2,8-13,16-19H,3H2,(H,15,20)/t8-,9-,10-,11?,12+,13+/m1/s1. The fourth-order valence-electron chi connectivity index (χ4n) is 3.47. The minimum absolute atomic E-state index is 0.0421. The summed E-state index contributed by atoms with van der Waals surface area (Å²) in [5, 5.41) is 42.7. The summed E-state index contributed by atoms with van der Waals surface area (Å²) >= 11 is 0. The Morgan fingerprint density at radius 1 is 0.955 bits per heavy atom. The maximum atomic E-state index is 12.2. The third-order valence-electron chi connectivity index (χ3n) is 4.62. The predicted octanol–water partition coefficient (Wildman–Crippen LogP) is -1.93. The quantitative estimate of drug-likeness (QED) is 0.377. The van der Waals surface area contributed by atoms with Gasteiger partial charge in [0.05, 0.1) is 12.1 Å². The van der Waals surface area contributed by atoms with Gasteiger partial charge in [-0.3, -0.25) is 4.79 Å². The van der Waals surface area contributed by atoms with Crippen molar-refractivity contribution in [2.24, 2.45) is 0 Å². The Balaban J connectivity index is 1.86. The van der Waals surface area contributed by atoms with E-state index in [4.69, 9.17) is 9.47 Å². The van der Waals surface area contributed by atoms with Crippen LogP contribution < -0.4 is 14.8 Å². The van der Waals surface area contributed by atoms with E-state index in [0.717, 1.165) is 0 Å². The van der Waals surface area contributed by atoms with E-state index in [1.165, 1.54) is 6.07 Å². The van der Waals surface area contributed by atoms with Crippen molar-refractivity contribution in [3.05, 3.63) is 23.3 Å². The molecule has 8 nitrogen and oxygen atoms in total. The summed E-state index contributed by atoms with van der Waals surface area (Å²) in [6, 6.07) is 2.20. The smallest absolute Gasteiger partial charge is 0.252 e. The van der Waals surface area contributed by atoms with Crippen molar-refractivity contribution in [3.63, 3.8) is 0 Å². The Hall–Kier alpha value is -1.87. The van der Waals surface area contributed by atoms with Crippen LogP contribution in [0, 0.1) is 0 Å². The van der Waals surface area contributed by atoms with Gasteiger partial charge in [0.15, 0.2) is 11.5 Å². The maximum Gasteiger partial charge on any atom is 0.252 e. The molecule has 5 N–H and O–H groups in total. The highest BCUT2D eigenvalue weighted by Gasteiger charge is 2.52. The van der Waals surface area contributed by atoms with Crippen LogP contribution in [0.15, 0.2) is 12.1 Å². The second-order valence-electron chi connectivity index (χ2n) is 5.78. The number of ether oxygens (including phenoxy) is 2. The molecule has 6 atom stereocenters. The van der Waals surface area contributed by atoms with Crippen LogP contribution in [0.25, 0.3) is 0 Å². The van der Waals surface area contributed by atoms with Crippen molar-refractivity contribution in [3.8, 4) is 11.5 Å². The molecule has 0 aromatic heterocycles. The Morgan fingerprint density at radius 3 is 2.32 bits per heavy atom. The van der Waals surface area contributed by atoms with Gasteiger partial charge in [0.25, 0.3) is 5.91 Å². The summed E-state index contributed by atoms with van der Waals surface area (Å²) in [5.74, 6) is -0.326. The van der Waals surface area contributed by atoms with Gasteiger partial charge < -0.3 is 35.2 Å². The number of carbonyl (C=O) groups is 1. The number of benzene rings is 1. The second kappa shape index (κ2) is 4.56. The van der Waals surface area contributed by atoms with E-state index in [-0.39, 0.29) is 6.79 Å². The van der Waals surface area contributed by atoms with Gasteiger partial charge in [-0.25, -0.2) is 0 Å². The molecule has 118 valence electrons. The van der Waals surface area contributed by atoms with Crippen LogP contribution in [-0.2, 0) is 0 Å². The van der Waals surface area contributed by atoms with E-state index in [2.05, 4.69) is 5.32 Å². The molecule has 0 bridgehead atoms. The molecule has 1 unspecified atom stereocenters. The van der Waals surface area contributed by atoms with E-state index in [1.54, 1.807) is 6.07 Å². The van der Waals surface area contributed by atoms with Crippen LogP contribution >= 0.6 is 0 Å². The normalized spacial score (nSPS) is 39.0. The monoisotopic (exact) mass is 309 g/mol. The van der Waals surface area contributed by atoms with Gasteiger partial charge in [0, 0.05) is 11.5 Å². The number of amides is 1. The fraction of sp³-hybridized carbons (Fsp3) is 0.500. The van der Waals surface area contributed by atoms with E-state index in [9.17, 15) is 25.2 Å². The van der Waals surface area contributed by atoms with Crippen molar-refractivity contribution in [2.45, 2.75) is 36.4 Å². The highest BCUT2D eigenvalue weighted by atomic mass is 16.7. The number of hydrogen-bond donors (Lipinski definition) is 5. The summed E-state index contributed by atoms with van der Waals surface area (Å²) in [6.45, 7) is 0.0421. The van der Waals surface area contributed by atoms with Gasteiger partial charge in [-0.15, -0.1) is 0 Å². The minimum atomic E-state index is -1.54. The summed E-state index contributed by atoms with van der Waals surface area (Å²) in [6.07, 6.45) is -5.76. The summed E-state index contributed by atoms with van der Waals surface area (Å²) in [7, 11) is 0. The molecule has 1 aromatic carbocycles. The number of aliphatic hydroxyl groups excluding tert-OH is 4. The molecule has 4 rings (SSSR count). The number of fused-ring (bicyclic) bond motifs is 4. The number of hydrogen-bond acceptors (Lipinski definition) is 7. The van der Waals surface area contributed by atoms with Crippen LogP contribution in [0.1, 0.15) is 21.8 Å². The largest absolute Gasteiger partial charge is 0.454 e. The average molecular weight is 309 g/mol. The van der Waals surface area contributed by atoms with Gasteiger partial charge in [-0.1, -0.05) is 0 Å². The molecule has 1 saturated carbocycles. The number of rotatable bonds is 0. The maximum absolute atomic E-state index is 12.2. The van der Waals surface area contributed by atoms with Crippen LogP contribution in [0.5, 0.6) is 11.5 Å². The van der Waals surface area contributed by atoms with E-state index in [1.807, 2.05) is 0 Å². The SMILES string of the molecule is O=C1N[C@H]2C(O)[C@H](O)[C@@H](O)[C@H](O)[C@@H]2c2cc3c(cc21)OCO3. The predicted molar refractivity (Wildman–Crippen MR) is 70.6 cm³/mol. The lowest BCUT2D eigenvalue weighted by molar-refractivity contribution is -0.155. The lowest BCUT2D eigenvalue weighted by atomic mass is 9.70. The molecule has 22 heavy (non-hydrogen) atoms. The first-order chi connectivity index (χ1) is 10.5. The van der Waals surface area contributed by atoms with Crippen molar-refractivity contribution >= 4 is 5.91 Å². The second-order valence-corrected chi connectivity index (χ2v) is 5.78. The summed E-state index contributed by atoms with van der Waals surface area (Å²) in [5.41, 5.74) is 0.746. The number of aliphatic hydroxyl groups is 4. The Bertz CT molecular complexity index is 648. The first kappa shape index (κ1) is 13.8. The molecular formula is C14H15NO7. The summed E-state index contributed by atoms with van der Waals surface area (Å²) in [4.78, 5) is 12.2. The highest BCUT2D eigenvalue weighted by molar-refractivity contribution is 5.98. The Labute approximate surface area is 124 Å². The summed E-state index contributed by atoms with van der Waals surface area (Å²) < 4.78 is 10.5. The van der Waals surface area contributed by atoms with Gasteiger partial charge in [-0.2, -0.15) is 0 Å². The zero-order valence-electron chi connectivity index (χ0n) is 11.3. The van der Waals surface area contributed by atoms with Crippen LogP contribution in [0.2, 0.25) is 0 Å². The van der Waals surface area contributed by atoms with E-state index < -0.39 is 42.3 Å². The van der Waals surface area contributed by atoms with Gasteiger partial charge in [0.2, 0.25) is 6.79 Å². The highest BCUT2D eigenvalue weighted by Crippen LogP contribution is 2.44. The van der Waals surface area contributed by atoms with E-state index in [0.29, 0.717) is 22.6 Å². The zero-order valence-corrected chi connectivity index (χ0v) is 11.3. The Kier molecular flexibility index (Phi) is 2.85. The molecule has 3 aliphatic rings. The minimum Gasteiger partial charge on any atom is -0.454 e. The lowest BCUT2D eigenvalue weighted by Crippen LogP contribution is -2.66. The lowest BCUT2D eigenvalue weighted by Gasteiger charge is -2.47. The van der Waals surface area contributed by atoms with E-state index >= 15 is 0 Å². The third-order valence-corrected chi connectivity index (χ3v) is 4.62. The molecule has 1 fully saturated rings. The molecule has 2 heterocycles. The molecule has 2 aliphatic heterocycles. The topological polar surface area (TPSA) is 128 Å². The average Bonchev–Trinajstić information content (AvgIpc) is 2.96.